The molecule has 3 N–H and O–H groups in total. The van der Waals surface area contributed by atoms with Crippen molar-refractivity contribution in [3.63, 3.8) is 0 Å². The largest absolute Gasteiger partial charge is 0.358 e. The van der Waals surface area contributed by atoms with E-state index >= 15 is 0 Å². The average molecular weight is 285 g/mol. The number of aryl methyl sites for hydroxylation is 2. The van der Waals surface area contributed by atoms with Gasteiger partial charge in [0.1, 0.15) is 0 Å². The van der Waals surface area contributed by atoms with Crippen LogP contribution in [-0.4, -0.2) is 29.4 Å². The molecule has 0 spiro atoms. The third-order valence-corrected chi connectivity index (χ3v) is 4.16. The molecule has 0 saturated carbocycles. The quantitative estimate of drug-likeness (QED) is 0.804. The van der Waals surface area contributed by atoms with Gasteiger partial charge in [0.25, 0.3) is 5.91 Å². The Morgan fingerprint density at radius 3 is 2.90 bits per heavy atom. The van der Waals surface area contributed by atoms with Crippen molar-refractivity contribution in [2.24, 2.45) is 0 Å². The summed E-state index contributed by atoms with van der Waals surface area (Å²) in [7, 11) is 0. The van der Waals surface area contributed by atoms with Crippen LogP contribution in [0, 0.1) is 13.8 Å². The van der Waals surface area contributed by atoms with Crippen LogP contribution < -0.4 is 10.6 Å². The molecule has 1 aromatic heterocycles. The number of amides is 2. The van der Waals surface area contributed by atoms with Crippen LogP contribution in [0.3, 0.4) is 0 Å². The molecule has 1 aliphatic rings. The van der Waals surface area contributed by atoms with Crippen LogP contribution in [0.2, 0.25) is 0 Å². The van der Waals surface area contributed by atoms with Gasteiger partial charge in [0.2, 0.25) is 5.91 Å². The minimum Gasteiger partial charge on any atom is -0.358 e. The molecule has 1 unspecified atom stereocenters. The molecule has 110 valence electrons. The van der Waals surface area contributed by atoms with Crippen LogP contribution >= 0.6 is 0 Å². The topological polar surface area (TPSA) is 74.0 Å². The molecule has 1 aromatic carbocycles. The van der Waals surface area contributed by atoms with Gasteiger partial charge in [-0.1, -0.05) is 0 Å². The smallest absolute Gasteiger partial charge is 0.251 e. The second kappa shape index (κ2) is 5.24. The number of carbonyl (C=O) groups is 2. The lowest BCUT2D eigenvalue weighted by molar-refractivity contribution is -0.119. The zero-order valence-corrected chi connectivity index (χ0v) is 12.2. The van der Waals surface area contributed by atoms with E-state index in [2.05, 4.69) is 15.6 Å². The summed E-state index contributed by atoms with van der Waals surface area (Å²) in [5.74, 6) is -0.0367. The maximum absolute atomic E-state index is 12.2. The Balaban J connectivity index is 1.72. The van der Waals surface area contributed by atoms with Gasteiger partial charge < -0.3 is 15.6 Å². The van der Waals surface area contributed by atoms with E-state index in [0.29, 0.717) is 18.5 Å². The first-order valence-electron chi connectivity index (χ1n) is 7.21. The first-order chi connectivity index (χ1) is 10.0. The standard InChI is InChI=1S/C16H19N3O2/c1-9-10(2)18-14-5-3-11(7-13(9)14)16(21)17-8-12-4-6-15(20)19-12/h3,5,7,12,18H,4,6,8H2,1-2H3,(H,17,21)(H,19,20). The number of hydrogen-bond acceptors (Lipinski definition) is 2. The summed E-state index contributed by atoms with van der Waals surface area (Å²) < 4.78 is 0. The summed E-state index contributed by atoms with van der Waals surface area (Å²) in [6.45, 7) is 4.55. The third kappa shape index (κ3) is 2.63. The SMILES string of the molecule is Cc1[nH]c2ccc(C(=O)NCC3CCC(=O)N3)cc2c1C. The molecule has 1 aliphatic heterocycles. The van der Waals surface area contributed by atoms with Gasteiger partial charge >= 0.3 is 0 Å². The summed E-state index contributed by atoms with van der Waals surface area (Å²) in [6.07, 6.45) is 1.34. The Hall–Kier alpha value is -2.30. The lowest BCUT2D eigenvalue weighted by Crippen LogP contribution is -2.38. The Labute approximate surface area is 123 Å². The number of aromatic nitrogens is 1. The van der Waals surface area contributed by atoms with Crippen molar-refractivity contribution in [1.29, 1.82) is 0 Å². The molecule has 1 atom stereocenters. The van der Waals surface area contributed by atoms with Crippen molar-refractivity contribution in [3.05, 3.63) is 35.0 Å². The van der Waals surface area contributed by atoms with E-state index in [0.717, 1.165) is 23.0 Å². The monoisotopic (exact) mass is 285 g/mol. The number of fused-ring (bicyclic) bond motifs is 1. The van der Waals surface area contributed by atoms with Crippen LogP contribution in [0.4, 0.5) is 0 Å². The molecule has 0 bridgehead atoms. The second-order valence-electron chi connectivity index (χ2n) is 5.65. The highest BCUT2D eigenvalue weighted by Gasteiger charge is 2.21. The molecule has 1 saturated heterocycles. The number of benzene rings is 1. The van der Waals surface area contributed by atoms with Gasteiger partial charge in [-0.15, -0.1) is 0 Å². The van der Waals surface area contributed by atoms with E-state index in [9.17, 15) is 9.59 Å². The van der Waals surface area contributed by atoms with Crippen molar-refractivity contribution >= 4 is 22.7 Å². The van der Waals surface area contributed by atoms with E-state index in [4.69, 9.17) is 0 Å². The summed E-state index contributed by atoms with van der Waals surface area (Å²) >= 11 is 0. The van der Waals surface area contributed by atoms with Gasteiger partial charge in [-0.3, -0.25) is 9.59 Å². The van der Waals surface area contributed by atoms with Crippen LogP contribution in [0.5, 0.6) is 0 Å². The van der Waals surface area contributed by atoms with Crippen molar-refractivity contribution in [2.75, 3.05) is 6.54 Å². The fourth-order valence-electron chi connectivity index (χ4n) is 2.75. The molecule has 2 aromatic rings. The highest BCUT2D eigenvalue weighted by molar-refractivity contribution is 5.99. The zero-order valence-electron chi connectivity index (χ0n) is 12.2. The minimum absolute atomic E-state index is 0.0569. The summed E-state index contributed by atoms with van der Waals surface area (Å²) in [4.78, 5) is 26.6. The number of aromatic amines is 1. The Kier molecular flexibility index (Phi) is 3.41. The van der Waals surface area contributed by atoms with Crippen LogP contribution in [0.25, 0.3) is 10.9 Å². The van der Waals surface area contributed by atoms with E-state index < -0.39 is 0 Å². The molecule has 0 radical (unpaired) electrons. The Bertz CT molecular complexity index is 718. The average Bonchev–Trinajstić information content (AvgIpc) is 3.01. The van der Waals surface area contributed by atoms with Crippen LogP contribution in [0.1, 0.15) is 34.5 Å². The zero-order chi connectivity index (χ0) is 15.0. The van der Waals surface area contributed by atoms with E-state index in [-0.39, 0.29) is 17.9 Å². The van der Waals surface area contributed by atoms with Gasteiger partial charge in [-0.05, 0) is 44.0 Å². The molecule has 21 heavy (non-hydrogen) atoms. The molecule has 2 amide bonds. The molecular formula is C16H19N3O2. The lowest BCUT2D eigenvalue weighted by Gasteiger charge is -2.11. The van der Waals surface area contributed by atoms with E-state index in [1.54, 1.807) is 0 Å². The molecule has 0 aliphatic carbocycles. The van der Waals surface area contributed by atoms with Crippen molar-refractivity contribution in [1.82, 2.24) is 15.6 Å². The first kappa shape index (κ1) is 13.7. The minimum atomic E-state index is -0.101. The van der Waals surface area contributed by atoms with Crippen LogP contribution in [0.15, 0.2) is 18.2 Å². The maximum Gasteiger partial charge on any atom is 0.251 e. The summed E-state index contributed by atoms with van der Waals surface area (Å²) in [6, 6.07) is 5.72. The fourth-order valence-corrected chi connectivity index (χ4v) is 2.75. The number of H-pyrrole nitrogens is 1. The van der Waals surface area contributed by atoms with Gasteiger partial charge in [-0.25, -0.2) is 0 Å². The van der Waals surface area contributed by atoms with Crippen LogP contribution in [-0.2, 0) is 4.79 Å². The van der Waals surface area contributed by atoms with Gasteiger partial charge in [0, 0.05) is 41.2 Å². The predicted molar refractivity (Wildman–Crippen MR) is 81.3 cm³/mol. The molecule has 3 rings (SSSR count). The molecule has 5 heteroatoms. The fraction of sp³-hybridized carbons (Fsp3) is 0.375. The highest BCUT2D eigenvalue weighted by atomic mass is 16.2. The van der Waals surface area contributed by atoms with Gasteiger partial charge in [-0.2, -0.15) is 0 Å². The molecule has 1 fully saturated rings. The van der Waals surface area contributed by atoms with Crippen molar-refractivity contribution in [3.8, 4) is 0 Å². The molecular weight excluding hydrogens is 266 g/mol. The second-order valence-corrected chi connectivity index (χ2v) is 5.65. The normalized spacial score (nSPS) is 18.0. The maximum atomic E-state index is 12.2. The first-order valence-corrected chi connectivity index (χ1v) is 7.21. The third-order valence-electron chi connectivity index (χ3n) is 4.16. The lowest BCUT2D eigenvalue weighted by atomic mass is 10.1. The number of carbonyl (C=O) groups excluding carboxylic acids is 2. The highest BCUT2D eigenvalue weighted by Crippen LogP contribution is 2.22. The van der Waals surface area contributed by atoms with Gasteiger partial charge in [0.05, 0.1) is 0 Å². The van der Waals surface area contributed by atoms with E-state index in [1.165, 1.54) is 5.56 Å². The predicted octanol–water partition coefficient (Wildman–Crippen LogP) is 1.79. The number of hydrogen-bond donors (Lipinski definition) is 3. The Morgan fingerprint density at radius 1 is 1.38 bits per heavy atom. The molecule has 5 nitrogen and oxygen atoms in total. The van der Waals surface area contributed by atoms with Crippen molar-refractivity contribution in [2.45, 2.75) is 32.7 Å². The molecule has 2 heterocycles. The summed E-state index contributed by atoms with van der Waals surface area (Å²) in [5.41, 5.74) is 3.98. The number of nitrogens with one attached hydrogen (secondary N) is 3. The number of rotatable bonds is 3. The van der Waals surface area contributed by atoms with E-state index in [1.807, 2.05) is 32.0 Å². The van der Waals surface area contributed by atoms with Gasteiger partial charge in [0.15, 0.2) is 0 Å². The summed E-state index contributed by atoms with van der Waals surface area (Å²) in [5, 5.41) is 6.81. The Morgan fingerprint density at radius 2 is 2.19 bits per heavy atom. The van der Waals surface area contributed by atoms with Crippen molar-refractivity contribution < 1.29 is 9.59 Å².